The van der Waals surface area contributed by atoms with Crippen molar-refractivity contribution in [3.05, 3.63) is 71.3 Å². The topological polar surface area (TPSA) is 69.0 Å². The van der Waals surface area contributed by atoms with Crippen molar-refractivity contribution in [2.45, 2.75) is 11.8 Å². The molecule has 1 amide bonds. The van der Waals surface area contributed by atoms with Crippen LogP contribution in [0.15, 0.2) is 54.4 Å². The molecule has 0 radical (unpaired) electrons. The van der Waals surface area contributed by atoms with Crippen LogP contribution in [0.5, 0.6) is 0 Å². The third-order valence-electron chi connectivity index (χ3n) is 6.00. The summed E-state index contributed by atoms with van der Waals surface area (Å²) in [7, 11) is 0. The van der Waals surface area contributed by atoms with Crippen LogP contribution in [0, 0.1) is 5.92 Å². The van der Waals surface area contributed by atoms with Crippen LogP contribution in [0.1, 0.15) is 33.0 Å². The SMILES string of the molecule is O=C1C=C2N(C(=O)c3cc4ccccc4[nH]3)C[C@@H]3C[C@]23c2cc[nH]c21. The molecule has 6 rings (SSSR count). The van der Waals surface area contributed by atoms with Crippen molar-refractivity contribution in [3.63, 3.8) is 0 Å². The van der Waals surface area contributed by atoms with Gasteiger partial charge in [-0.25, -0.2) is 0 Å². The van der Waals surface area contributed by atoms with E-state index in [1.807, 2.05) is 42.6 Å². The molecule has 2 N–H and O–H groups in total. The van der Waals surface area contributed by atoms with Crippen LogP contribution >= 0.6 is 0 Å². The summed E-state index contributed by atoms with van der Waals surface area (Å²) in [4.78, 5) is 33.6. The zero-order valence-electron chi connectivity index (χ0n) is 13.4. The molecule has 5 nitrogen and oxygen atoms in total. The van der Waals surface area contributed by atoms with Crippen LogP contribution in [0.3, 0.4) is 0 Å². The van der Waals surface area contributed by atoms with Gasteiger partial charge in [0.1, 0.15) is 5.69 Å². The van der Waals surface area contributed by atoms with Gasteiger partial charge in [-0.05, 0) is 36.1 Å². The first-order chi connectivity index (χ1) is 12.2. The Morgan fingerprint density at radius 1 is 1.24 bits per heavy atom. The average molecular weight is 329 g/mol. The van der Waals surface area contributed by atoms with Crippen LogP contribution in [0.2, 0.25) is 0 Å². The lowest BCUT2D eigenvalue weighted by Crippen LogP contribution is -2.33. The van der Waals surface area contributed by atoms with Gasteiger partial charge in [0.25, 0.3) is 5.91 Å². The van der Waals surface area contributed by atoms with Crippen LogP contribution in [-0.4, -0.2) is 33.1 Å². The van der Waals surface area contributed by atoms with E-state index >= 15 is 0 Å². The first-order valence-electron chi connectivity index (χ1n) is 8.52. The number of nitrogens with one attached hydrogen (secondary N) is 2. The van der Waals surface area contributed by atoms with Gasteiger partial charge >= 0.3 is 0 Å². The van der Waals surface area contributed by atoms with Gasteiger partial charge in [0.05, 0.1) is 5.69 Å². The molecular formula is C20H15N3O2. The highest BCUT2D eigenvalue weighted by molar-refractivity contribution is 6.09. The quantitative estimate of drug-likeness (QED) is 0.720. The molecule has 0 unspecified atom stereocenters. The third-order valence-corrected chi connectivity index (χ3v) is 6.00. The smallest absolute Gasteiger partial charge is 0.274 e. The highest BCUT2D eigenvalue weighted by atomic mass is 16.2. The highest BCUT2D eigenvalue weighted by Crippen LogP contribution is 2.66. The molecule has 1 spiro atoms. The summed E-state index contributed by atoms with van der Waals surface area (Å²) < 4.78 is 0. The summed E-state index contributed by atoms with van der Waals surface area (Å²) >= 11 is 0. The molecule has 1 aromatic carbocycles. The number of carbonyl (C=O) groups excluding carboxylic acids is 2. The summed E-state index contributed by atoms with van der Waals surface area (Å²) in [5.74, 6) is 0.318. The minimum atomic E-state index is -0.134. The zero-order valence-corrected chi connectivity index (χ0v) is 13.4. The number of rotatable bonds is 1. The number of ketones is 1. The number of para-hydroxylation sites is 1. The highest BCUT2D eigenvalue weighted by Gasteiger charge is 2.67. The van der Waals surface area contributed by atoms with E-state index in [1.54, 1.807) is 11.0 Å². The molecule has 1 saturated heterocycles. The van der Waals surface area contributed by atoms with Crippen molar-refractivity contribution in [2.24, 2.45) is 5.92 Å². The van der Waals surface area contributed by atoms with Gasteiger partial charge in [0, 0.05) is 40.8 Å². The van der Waals surface area contributed by atoms with Crippen LogP contribution in [-0.2, 0) is 5.41 Å². The van der Waals surface area contributed by atoms with Crippen molar-refractivity contribution >= 4 is 22.6 Å². The van der Waals surface area contributed by atoms with Gasteiger partial charge in [-0.1, -0.05) is 18.2 Å². The number of nitrogens with zero attached hydrogens (tertiary/aromatic N) is 1. The van der Waals surface area contributed by atoms with E-state index < -0.39 is 0 Å². The van der Waals surface area contributed by atoms with Crippen molar-refractivity contribution < 1.29 is 9.59 Å². The number of piperidine rings is 1. The number of benzene rings is 1. The fourth-order valence-electron chi connectivity index (χ4n) is 4.77. The predicted octanol–water partition coefficient (Wildman–Crippen LogP) is 2.99. The van der Waals surface area contributed by atoms with E-state index in [4.69, 9.17) is 0 Å². The fraction of sp³-hybridized carbons (Fsp3) is 0.200. The van der Waals surface area contributed by atoms with Gasteiger partial charge in [0.2, 0.25) is 5.78 Å². The van der Waals surface area contributed by atoms with Crippen molar-refractivity contribution in [1.29, 1.82) is 0 Å². The van der Waals surface area contributed by atoms with E-state index in [0.29, 0.717) is 23.9 Å². The van der Waals surface area contributed by atoms with E-state index in [9.17, 15) is 9.59 Å². The molecule has 2 aliphatic carbocycles. The Morgan fingerprint density at radius 3 is 3.00 bits per heavy atom. The van der Waals surface area contributed by atoms with Gasteiger partial charge < -0.3 is 14.9 Å². The normalized spacial score (nSPS) is 26.2. The Balaban J connectivity index is 1.44. The summed E-state index contributed by atoms with van der Waals surface area (Å²) in [6, 6.07) is 11.7. The molecule has 1 saturated carbocycles. The molecular weight excluding hydrogens is 314 g/mol. The Kier molecular flexibility index (Phi) is 2.18. The molecule has 2 atom stereocenters. The Morgan fingerprint density at radius 2 is 2.12 bits per heavy atom. The molecule has 5 heteroatoms. The maximum atomic E-state index is 13.1. The molecule has 122 valence electrons. The molecule has 3 aromatic rings. The summed E-state index contributed by atoms with van der Waals surface area (Å²) in [5.41, 5.74) is 4.01. The summed E-state index contributed by atoms with van der Waals surface area (Å²) in [6.45, 7) is 0.679. The number of carbonyl (C=O) groups is 2. The molecule has 3 heterocycles. The lowest BCUT2D eigenvalue weighted by Gasteiger charge is -2.27. The number of amides is 1. The second-order valence-corrected chi connectivity index (χ2v) is 7.22. The number of likely N-dealkylation sites (tertiary alicyclic amines) is 1. The number of hydrogen-bond acceptors (Lipinski definition) is 2. The van der Waals surface area contributed by atoms with E-state index in [2.05, 4.69) is 9.97 Å². The Labute approximate surface area is 143 Å². The zero-order chi connectivity index (χ0) is 16.8. The van der Waals surface area contributed by atoms with Gasteiger partial charge in [0.15, 0.2) is 0 Å². The third kappa shape index (κ3) is 1.49. The number of fused-ring (bicyclic) bond motifs is 2. The summed E-state index contributed by atoms with van der Waals surface area (Å²) in [6.07, 6.45) is 4.51. The van der Waals surface area contributed by atoms with Crippen LogP contribution < -0.4 is 0 Å². The second-order valence-electron chi connectivity index (χ2n) is 7.22. The first-order valence-corrected chi connectivity index (χ1v) is 8.52. The van der Waals surface area contributed by atoms with Crippen LogP contribution in [0.4, 0.5) is 0 Å². The lowest BCUT2D eigenvalue weighted by molar-refractivity contribution is 0.0806. The average Bonchev–Trinajstić information content (AvgIpc) is 3.04. The predicted molar refractivity (Wildman–Crippen MR) is 92.3 cm³/mol. The number of aromatic nitrogens is 2. The largest absolute Gasteiger partial charge is 0.358 e. The summed E-state index contributed by atoms with van der Waals surface area (Å²) in [5, 5.41) is 1.02. The van der Waals surface area contributed by atoms with Gasteiger partial charge in [-0.3, -0.25) is 9.59 Å². The van der Waals surface area contributed by atoms with E-state index in [0.717, 1.165) is 28.6 Å². The molecule has 25 heavy (non-hydrogen) atoms. The minimum Gasteiger partial charge on any atom is -0.358 e. The number of hydrogen-bond donors (Lipinski definition) is 2. The fourth-order valence-corrected chi connectivity index (χ4v) is 4.77. The van der Waals surface area contributed by atoms with Gasteiger partial charge in [-0.2, -0.15) is 0 Å². The van der Waals surface area contributed by atoms with Crippen LogP contribution in [0.25, 0.3) is 10.9 Å². The maximum Gasteiger partial charge on any atom is 0.274 e. The van der Waals surface area contributed by atoms with Crippen molar-refractivity contribution in [2.75, 3.05) is 6.54 Å². The van der Waals surface area contributed by atoms with Crippen molar-refractivity contribution in [3.8, 4) is 0 Å². The minimum absolute atomic E-state index is 0.0392. The Hall–Kier alpha value is -3.08. The number of allylic oxidation sites excluding steroid dienone is 2. The monoisotopic (exact) mass is 329 g/mol. The van der Waals surface area contributed by atoms with Crippen molar-refractivity contribution in [1.82, 2.24) is 14.9 Å². The van der Waals surface area contributed by atoms with E-state index in [1.165, 1.54) is 0 Å². The maximum absolute atomic E-state index is 13.1. The van der Waals surface area contributed by atoms with Gasteiger partial charge in [-0.15, -0.1) is 0 Å². The van der Waals surface area contributed by atoms with E-state index in [-0.39, 0.29) is 17.1 Å². The molecule has 0 bridgehead atoms. The molecule has 2 fully saturated rings. The number of aromatic amines is 2. The molecule has 3 aliphatic rings. The molecule has 2 aromatic heterocycles. The standard InChI is InChI=1S/C20H15N3O2/c24-16-8-17-20(13-5-6-21-18(13)16)9-12(20)10-23(17)19(25)15-7-11-3-1-2-4-14(11)22-15/h1-8,12,21-22H,9-10H2/t12-,20-/m0/s1. The molecule has 1 aliphatic heterocycles. The second kappa shape index (κ2) is 4.11. The first kappa shape index (κ1) is 13.2. The Bertz CT molecular complexity index is 1090. The lowest BCUT2D eigenvalue weighted by atomic mass is 9.85. The number of H-pyrrole nitrogens is 2.